The van der Waals surface area contributed by atoms with Gasteiger partial charge in [-0.15, -0.1) is 0 Å². The maximum atomic E-state index is 12.4. The molecule has 2 N–H and O–H groups in total. The Morgan fingerprint density at radius 2 is 1.75 bits per heavy atom. The average molecular weight is 340 g/mol. The molecule has 0 heterocycles. The number of anilines is 1. The van der Waals surface area contributed by atoms with Crippen LogP contribution in [0, 0.1) is 16.7 Å². The molecule has 1 amide bonds. The molecule has 108 valence electrons. The van der Waals surface area contributed by atoms with Crippen molar-refractivity contribution >= 4 is 33.5 Å². The fourth-order valence-corrected chi connectivity index (χ4v) is 3.22. The maximum Gasteiger partial charge on any atom is 0.337 e. The SMILES string of the molecule is CC1(C)C(C(=O)Nc2cc(Br)ccc2C(=O)O)C1(C)C. The second-order valence-corrected chi connectivity index (χ2v) is 7.28. The number of rotatable bonds is 3. The predicted molar refractivity (Wildman–Crippen MR) is 80.8 cm³/mol. The zero-order chi connectivity index (χ0) is 15.3. The summed E-state index contributed by atoms with van der Waals surface area (Å²) in [5.74, 6) is -1.29. The van der Waals surface area contributed by atoms with Crippen LogP contribution < -0.4 is 5.32 Å². The Balaban J connectivity index is 2.26. The van der Waals surface area contributed by atoms with Crippen LogP contribution >= 0.6 is 15.9 Å². The van der Waals surface area contributed by atoms with Gasteiger partial charge < -0.3 is 10.4 Å². The summed E-state index contributed by atoms with van der Waals surface area (Å²) in [6, 6.07) is 4.74. The third-order valence-corrected chi connectivity index (χ3v) is 5.25. The summed E-state index contributed by atoms with van der Waals surface area (Å²) in [4.78, 5) is 23.6. The third-order valence-electron chi connectivity index (χ3n) is 4.75. The van der Waals surface area contributed by atoms with Crippen molar-refractivity contribution in [2.24, 2.45) is 16.7 Å². The second-order valence-electron chi connectivity index (χ2n) is 6.36. The van der Waals surface area contributed by atoms with Crippen LogP contribution in [0.2, 0.25) is 0 Å². The predicted octanol–water partition coefficient (Wildman–Crippen LogP) is 3.77. The lowest BCUT2D eigenvalue weighted by Crippen LogP contribution is -2.19. The Kier molecular flexibility index (Phi) is 3.45. The molecule has 1 saturated carbocycles. The normalized spacial score (nSPS) is 19.4. The van der Waals surface area contributed by atoms with Crippen LogP contribution in [-0.4, -0.2) is 17.0 Å². The molecule has 5 heteroatoms. The van der Waals surface area contributed by atoms with Crippen LogP contribution in [0.25, 0.3) is 0 Å². The van der Waals surface area contributed by atoms with Crippen LogP contribution in [-0.2, 0) is 4.79 Å². The second kappa shape index (κ2) is 4.58. The number of nitrogens with one attached hydrogen (secondary N) is 1. The van der Waals surface area contributed by atoms with Crippen molar-refractivity contribution in [3.05, 3.63) is 28.2 Å². The fraction of sp³-hybridized carbons (Fsp3) is 0.467. The molecule has 1 aliphatic rings. The monoisotopic (exact) mass is 339 g/mol. The van der Waals surface area contributed by atoms with Crippen molar-refractivity contribution in [2.75, 3.05) is 5.32 Å². The highest BCUT2D eigenvalue weighted by atomic mass is 79.9. The molecule has 1 fully saturated rings. The van der Waals surface area contributed by atoms with Gasteiger partial charge in [0.2, 0.25) is 5.91 Å². The number of carboxylic acids is 1. The van der Waals surface area contributed by atoms with Crippen LogP contribution in [0.1, 0.15) is 38.1 Å². The zero-order valence-corrected chi connectivity index (χ0v) is 13.5. The highest BCUT2D eigenvalue weighted by Crippen LogP contribution is 2.68. The first-order valence-electron chi connectivity index (χ1n) is 6.42. The molecule has 0 spiro atoms. The lowest BCUT2D eigenvalue weighted by molar-refractivity contribution is -0.118. The molecule has 1 aromatic rings. The first kappa shape index (κ1) is 15.0. The highest BCUT2D eigenvalue weighted by Gasteiger charge is 2.68. The Morgan fingerprint density at radius 3 is 2.20 bits per heavy atom. The minimum absolute atomic E-state index is 0.0769. The van der Waals surface area contributed by atoms with E-state index in [2.05, 4.69) is 48.9 Å². The summed E-state index contributed by atoms with van der Waals surface area (Å²) < 4.78 is 0.729. The van der Waals surface area contributed by atoms with Gasteiger partial charge in [-0.1, -0.05) is 43.6 Å². The van der Waals surface area contributed by atoms with E-state index in [1.165, 1.54) is 6.07 Å². The van der Waals surface area contributed by atoms with E-state index < -0.39 is 5.97 Å². The molecule has 0 bridgehead atoms. The average Bonchev–Trinajstić information content (AvgIpc) is 2.68. The smallest absolute Gasteiger partial charge is 0.337 e. The van der Waals surface area contributed by atoms with E-state index in [4.69, 9.17) is 5.11 Å². The standard InChI is InChI=1S/C15H18BrNO3/c1-14(2)11(15(14,3)4)12(18)17-10-7-8(16)5-6-9(10)13(19)20/h5-7,11H,1-4H3,(H,17,18)(H,19,20). The highest BCUT2D eigenvalue weighted by molar-refractivity contribution is 9.10. The van der Waals surface area contributed by atoms with Gasteiger partial charge in [-0.2, -0.15) is 0 Å². The number of benzene rings is 1. The van der Waals surface area contributed by atoms with E-state index in [1.54, 1.807) is 12.1 Å². The Hall–Kier alpha value is -1.36. The molecular formula is C15H18BrNO3. The number of amides is 1. The van der Waals surface area contributed by atoms with Crippen molar-refractivity contribution in [1.29, 1.82) is 0 Å². The van der Waals surface area contributed by atoms with Crippen LogP contribution in [0.3, 0.4) is 0 Å². The van der Waals surface area contributed by atoms with Gasteiger partial charge in [0.1, 0.15) is 0 Å². The molecule has 2 rings (SSSR count). The molecule has 4 nitrogen and oxygen atoms in total. The van der Waals surface area contributed by atoms with E-state index in [0.29, 0.717) is 5.69 Å². The van der Waals surface area contributed by atoms with E-state index in [0.717, 1.165) is 4.47 Å². The molecule has 1 aromatic carbocycles. The van der Waals surface area contributed by atoms with Gasteiger partial charge in [-0.25, -0.2) is 4.79 Å². The zero-order valence-electron chi connectivity index (χ0n) is 12.0. The molecular weight excluding hydrogens is 322 g/mol. The van der Waals surface area contributed by atoms with Gasteiger partial charge in [-0.05, 0) is 29.0 Å². The van der Waals surface area contributed by atoms with Gasteiger partial charge >= 0.3 is 5.97 Å². The molecule has 20 heavy (non-hydrogen) atoms. The number of carboxylic acid groups (broad SMARTS) is 1. The van der Waals surface area contributed by atoms with Gasteiger partial charge in [0, 0.05) is 10.4 Å². The molecule has 0 radical (unpaired) electrons. The molecule has 0 saturated heterocycles. The Labute approximate surface area is 126 Å². The van der Waals surface area contributed by atoms with Crippen molar-refractivity contribution in [2.45, 2.75) is 27.7 Å². The van der Waals surface area contributed by atoms with Gasteiger partial charge in [0.15, 0.2) is 0 Å². The summed E-state index contributed by atoms with van der Waals surface area (Å²) in [6.45, 7) is 8.21. The molecule has 0 atom stereocenters. The third kappa shape index (κ3) is 2.24. The number of aromatic carboxylic acids is 1. The van der Waals surface area contributed by atoms with Gasteiger partial charge in [0.25, 0.3) is 0 Å². The summed E-state index contributed by atoms with van der Waals surface area (Å²) in [5, 5.41) is 11.9. The fourth-order valence-electron chi connectivity index (χ4n) is 2.86. The summed E-state index contributed by atoms with van der Waals surface area (Å²) in [7, 11) is 0. The number of carbonyl (C=O) groups excluding carboxylic acids is 1. The molecule has 0 aliphatic heterocycles. The minimum atomic E-state index is -1.05. The van der Waals surface area contributed by atoms with Crippen molar-refractivity contribution in [1.82, 2.24) is 0 Å². The number of carbonyl (C=O) groups is 2. The molecule has 0 unspecified atom stereocenters. The van der Waals surface area contributed by atoms with Gasteiger partial charge in [-0.3, -0.25) is 4.79 Å². The van der Waals surface area contributed by atoms with E-state index in [-0.39, 0.29) is 28.2 Å². The Bertz CT molecular complexity index is 579. The largest absolute Gasteiger partial charge is 0.478 e. The van der Waals surface area contributed by atoms with Crippen LogP contribution in [0.4, 0.5) is 5.69 Å². The molecule has 0 aromatic heterocycles. The van der Waals surface area contributed by atoms with E-state index in [9.17, 15) is 9.59 Å². The lowest BCUT2D eigenvalue weighted by Gasteiger charge is -2.10. The van der Waals surface area contributed by atoms with Crippen molar-refractivity contribution in [3.8, 4) is 0 Å². The van der Waals surface area contributed by atoms with Crippen molar-refractivity contribution < 1.29 is 14.7 Å². The maximum absolute atomic E-state index is 12.4. The van der Waals surface area contributed by atoms with Gasteiger partial charge in [0.05, 0.1) is 11.3 Å². The first-order chi connectivity index (χ1) is 9.09. The number of hydrogen-bond acceptors (Lipinski definition) is 2. The number of halogens is 1. The van der Waals surface area contributed by atoms with Crippen LogP contribution in [0.15, 0.2) is 22.7 Å². The molecule has 1 aliphatic carbocycles. The summed E-state index contributed by atoms with van der Waals surface area (Å²) >= 11 is 3.29. The van der Waals surface area contributed by atoms with E-state index in [1.807, 2.05) is 0 Å². The van der Waals surface area contributed by atoms with Crippen molar-refractivity contribution in [3.63, 3.8) is 0 Å². The first-order valence-corrected chi connectivity index (χ1v) is 7.22. The summed E-state index contributed by atoms with van der Waals surface area (Å²) in [6.07, 6.45) is 0. The number of hydrogen-bond donors (Lipinski definition) is 2. The lowest BCUT2D eigenvalue weighted by atomic mass is 10.0. The van der Waals surface area contributed by atoms with Crippen LogP contribution in [0.5, 0.6) is 0 Å². The summed E-state index contributed by atoms with van der Waals surface area (Å²) in [5.41, 5.74) is 0.270. The van der Waals surface area contributed by atoms with E-state index >= 15 is 0 Å². The quantitative estimate of drug-likeness (QED) is 0.880. The Morgan fingerprint density at radius 1 is 1.20 bits per heavy atom. The minimum Gasteiger partial charge on any atom is -0.478 e. The topological polar surface area (TPSA) is 66.4 Å².